The van der Waals surface area contributed by atoms with Crippen LogP contribution in [0.1, 0.15) is 39.2 Å². The van der Waals surface area contributed by atoms with Gasteiger partial charge in [0.1, 0.15) is 0 Å². The van der Waals surface area contributed by atoms with E-state index in [4.69, 9.17) is 5.14 Å². The normalized spacial score (nSPS) is 18.2. The zero-order valence-electron chi connectivity index (χ0n) is 14.3. The lowest BCUT2D eigenvalue weighted by atomic mass is 10.1. The second kappa shape index (κ2) is 6.99. The van der Waals surface area contributed by atoms with Crippen LogP contribution >= 0.6 is 0 Å². The van der Waals surface area contributed by atoms with Gasteiger partial charge < -0.3 is 0 Å². The number of nitrogens with two attached hydrogens (primary N) is 1. The largest absolute Gasteiger partial charge is 0.304 e. The topological polar surface area (TPSA) is 101 Å². The highest BCUT2D eigenvalue weighted by atomic mass is 32.2. The number of anilines is 1. The van der Waals surface area contributed by atoms with Crippen LogP contribution < -0.4 is 9.44 Å². The maximum Gasteiger partial charge on any atom is 0.304 e. The van der Waals surface area contributed by atoms with Gasteiger partial charge >= 0.3 is 10.2 Å². The van der Waals surface area contributed by atoms with Crippen LogP contribution in [0.25, 0.3) is 0 Å². The van der Waals surface area contributed by atoms with Crippen LogP contribution in [0.4, 0.5) is 5.69 Å². The molecule has 0 bridgehead atoms. The van der Waals surface area contributed by atoms with Crippen molar-refractivity contribution in [1.82, 2.24) is 4.31 Å². The zero-order valence-corrected chi connectivity index (χ0v) is 15.9. The fraction of sp³-hybridized carbons (Fsp3) is 0.600. The molecule has 7 nitrogen and oxygen atoms in total. The van der Waals surface area contributed by atoms with E-state index < -0.39 is 20.2 Å². The zero-order chi connectivity index (χ0) is 18.1. The molecule has 9 heteroatoms. The monoisotopic (exact) mass is 375 g/mol. The predicted molar refractivity (Wildman–Crippen MR) is 94.5 cm³/mol. The molecular weight excluding hydrogens is 350 g/mol. The number of hydrogen-bond donors (Lipinski definition) is 1. The van der Waals surface area contributed by atoms with E-state index >= 15 is 0 Å². The highest BCUT2D eigenvalue weighted by Gasteiger charge is 2.38. The Bertz CT molecular complexity index is 800. The Morgan fingerprint density at radius 3 is 2.25 bits per heavy atom. The van der Waals surface area contributed by atoms with Crippen LogP contribution in [-0.4, -0.2) is 40.3 Å². The summed E-state index contributed by atoms with van der Waals surface area (Å²) in [5, 5.41) is 5.17. The summed E-state index contributed by atoms with van der Waals surface area (Å²) >= 11 is 0. The van der Waals surface area contributed by atoms with Gasteiger partial charge in [-0.2, -0.15) is 12.7 Å². The van der Waals surface area contributed by atoms with Gasteiger partial charge in [-0.15, -0.1) is 0 Å². The molecule has 136 valence electrons. The quantitative estimate of drug-likeness (QED) is 0.779. The first-order valence-corrected chi connectivity index (χ1v) is 11.0. The minimum Gasteiger partial charge on any atom is -0.254 e. The van der Waals surface area contributed by atoms with Crippen molar-refractivity contribution in [1.29, 1.82) is 0 Å². The summed E-state index contributed by atoms with van der Waals surface area (Å²) in [5.41, 5.74) is 1.22. The lowest BCUT2D eigenvalue weighted by molar-refractivity contribution is 0.405. The molecule has 0 radical (unpaired) electrons. The molecule has 1 heterocycles. The molecule has 0 spiro atoms. The smallest absolute Gasteiger partial charge is 0.254 e. The number of hydrogen-bond acceptors (Lipinski definition) is 4. The summed E-state index contributed by atoms with van der Waals surface area (Å²) in [5.74, 6) is 0. The number of nitrogens with zero attached hydrogens (tertiary/aromatic N) is 2. The van der Waals surface area contributed by atoms with Gasteiger partial charge in [-0.05, 0) is 49.9 Å². The third-order valence-electron chi connectivity index (χ3n) is 4.05. The van der Waals surface area contributed by atoms with Crippen molar-refractivity contribution in [3.05, 3.63) is 23.8 Å². The van der Waals surface area contributed by atoms with Gasteiger partial charge in [-0.1, -0.05) is 13.8 Å². The lowest BCUT2D eigenvalue weighted by Crippen LogP contribution is -2.47. The molecule has 0 saturated heterocycles. The Balaban J connectivity index is 2.47. The number of fused-ring (bicyclic) bond motifs is 1. The molecule has 0 amide bonds. The van der Waals surface area contributed by atoms with Crippen LogP contribution in [0.2, 0.25) is 0 Å². The van der Waals surface area contributed by atoms with Crippen molar-refractivity contribution in [2.24, 2.45) is 5.14 Å². The Morgan fingerprint density at radius 2 is 1.75 bits per heavy atom. The first-order valence-electron chi connectivity index (χ1n) is 8.08. The molecular formula is C15H25N3O4S2. The van der Waals surface area contributed by atoms with Gasteiger partial charge in [0.05, 0.1) is 10.6 Å². The summed E-state index contributed by atoms with van der Waals surface area (Å²) in [6.07, 6.45) is 1.93. The van der Waals surface area contributed by atoms with Crippen LogP contribution in [0.5, 0.6) is 0 Å². The minimum atomic E-state index is -3.81. The first kappa shape index (κ1) is 19.2. The Morgan fingerprint density at radius 1 is 1.17 bits per heavy atom. The summed E-state index contributed by atoms with van der Waals surface area (Å²) in [7, 11) is -7.46. The summed E-state index contributed by atoms with van der Waals surface area (Å²) in [6, 6.07) is 4.10. The minimum absolute atomic E-state index is 0.00618. The van der Waals surface area contributed by atoms with E-state index in [0.29, 0.717) is 30.8 Å². The summed E-state index contributed by atoms with van der Waals surface area (Å²) in [6.45, 7) is 6.63. The van der Waals surface area contributed by atoms with Crippen LogP contribution in [0, 0.1) is 0 Å². The molecule has 1 aliphatic heterocycles. The number of rotatable bonds is 7. The molecule has 1 aromatic rings. The molecule has 0 unspecified atom stereocenters. The highest BCUT2D eigenvalue weighted by molar-refractivity contribution is 7.90. The third kappa shape index (κ3) is 3.58. The molecule has 1 atom stereocenters. The Hall–Kier alpha value is -1.16. The first-order chi connectivity index (χ1) is 11.1. The van der Waals surface area contributed by atoms with Gasteiger partial charge in [0.2, 0.25) is 10.0 Å². The van der Waals surface area contributed by atoms with Crippen molar-refractivity contribution >= 4 is 25.9 Å². The molecule has 1 aliphatic rings. The van der Waals surface area contributed by atoms with Crippen molar-refractivity contribution in [3.63, 3.8) is 0 Å². The Kier molecular flexibility index (Phi) is 5.58. The average molecular weight is 376 g/mol. The summed E-state index contributed by atoms with van der Waals surface area (Å²) in [4.78, 5) is 0.00618. The summed E-state index contributed by atoms with van der Waals surface area (Å²) < 4.78 is 52.1. The fourth-order valence-corrected chi connectivity index (χ4v) is 5.67. The van der Waals surface area contributed by atoms with Gasteiger partial charge in [-0.3, -0.25) is 4.31 Å². The molecule has 0 fully saturated rings. The van der Waals surface area contributed by atoms with E-state index in [9.17, 15) is 16.8 Å². The molecule has 0 saturated carbocycles. The lowest BCUT2D eigenvalue weighted by Gasteiger charge is -2.31. The second-order valence-electron chi connectivity index (χ2n) is 6.09. The van der Waals surface area contributed by atoms with E-state index in [1.807, 2.05) is 20.8 Å². The van der Waals surface area contributed by atoms with E-state index in [0.717, 1.165) is 12.8 Å². The van der Waals surface area contributed by atoms with Gasteiger partial charge in [0.15, 0.2) is 0 Å². The number of primary sulfonamides is 1. The van der Waals surface area contributed by atoms with E-state index in [1.165, 1.54) is 26.8 Å². The SMILES string of the molecule is CCCN(CCC)S(=O)(=O)N1c2ccc(S(N)(=O)=O)cc2C[C@@H]1C. The van der Waals surface area contributed by atoms with Crippen LogP contribution in [0.15, 0.2) is 23.1 Å². The van der Waals surface area contributed by atoms with Crippen molar-refractivity contribution in [3.8, 4) is 0 Å². The fourth-order valence-electron chi connectivity index (χ4n) is 3.07. The maximum atomic E-state index is 13.1. The average Bonchev–Trinajstić information content (AvgIpc) is 2.81. The van der Waals surface area contributed by atoms with Gasteiger partial charge in [0, 0.05) is 19.1 Å². The van der Waals surface area contributed by atoms with E-state index in [1.54, 1.807) is 0 Å². The van der Waals surface area contributed by atoms with Crippen LogP contribution in [-0.2, 0) is 26.7 Å². The maximum absolute atomic E-state index is 13.1. The van der Waals surface area contributed by atoms with Crippen molar-refractivity contribution in [2.45, 2.75) is 51.0 Å². The second-order valence-corrected chi connectivity index (χ2v) is 9.46. The molecule has 2 rings (SSSR count). The number of benzene rings is 1. The van der Waals surface area contributed by atoms with Crippen molar-refractivity contribution in [2.75, 3.05) is 17.4 Å². The molecule has 1 aromatic carbocycles. The highest BCUT2D eigenvalue weighted by Crippen LogP contribution is 2.36. The molecule has 24 heavy (non-hydrogen) atoms. The molecule has 2 N–H and O–H groups in total. The van der Waals surface area contributed by atoms with Gasteiger partial charge in [0.25, 0.3) is 0 Å². The molecule has 0 aromatic heterocycles. The standard InChI is InChI=1S/C15H25N3O4S2/c1-4-8-17(9-5-2)24(21,22)18-12(3)10-13-11-14(23(16,19)20)6-7-15(13)18/h6-7,11-12H,4-5,8-10H2,1-3H3,(H2,16,19,20)/t12-/m0/s1. The van der Waals surface area contributed by atoms with Crippen LogP contribution in [0.3, 0.4) is 0 Å². The third-order valence-corrected chi connectivity index (χ3v) is 7.04. The van der Waals surface area contributed by atoms with E-state index in [2.05, 4.69) is 0 Å². The Labute approximate surface area is 144 Å². The number of sulfonamides is 1. The molecule has 0 aliphatic carbocycles. The van der Waals surface area contributed by atoms with Crippen molar-refractivity contribution < 1.29 is 16.8 Å². The predicted octanol–water partition coefficient (Wildman–Crippen LogP) is 1.45. The van der Waals surface area contributed by atoms with Gasteiger partial charge in [-0.25, -0.2) is 13.6 Å². The van der Waals surface area contributed by atoms with E-state index in [-0.39, 0.29) is 10.9 Å².